The van der Waals surface area contributed by atoms with Crippen LogP contribution in [0.2, 0.25) is 0 Å². The van der Waals surface area contributed by atoms with Crippen molar-refractivity contribution in [3.8, 4) is 0 Å². The summed E-state index contributed by atoms with van der Waals surface area (Å²) in [7, 11) is 1.27. The first-order valence-corrected chi connectivity index (χ1v) is 11.9. The fraction of sp³-hybridized carbons (Fsp3) is 0.333. The van der Waals surface area contributed by atoms with E-state index in [4.69, 9.17) is 16.4 Å². The minimum absolute atomic E-state index is 0.129. The monoisotopic (exact) mass is 512 g/mol. The number of carbonyl (C=O) groups is 3. The van der Waals surface area contributed by atoms with Crippen LogP contribution in [0.15, 0.2) is 27.0 Å². The molecule has 1 saturated heterocycles. The molecule has 2 atom stereocenters. The zero-order valence-electron chi connectivity index (χ0n) is 16.7. The summed E-state index contributed by atoms with van der Waals surface area (Å²) in [6.07, 6.45) is 0. The molecule has 2 aromatic heterocycles. The van der Waals surface area contributed by atoms with Crippen molar-refractivity contribution in [3.63, 3.8) is 0 Å². The zero-order valence-corrected chi connectivity index (χ0v) is 19.2. The molecule has 6 N–H and O–H groups in total. The molecule has 0 bridgehead atoms. The summed E-state index contributed by atoms with van der Waals surface area (Å²) in [4.78, 5) is 48.4. The highest BCUT2D eigenvalue weighted by molar-refractivity contribution is 8.01. The number of fused-ring (bicyclic) bond motifs is 1. The second kappa shape index (κ2) is 9.24. The van der Waals surface area contributed by atoms with Crippen LogP contribution >= 0.6 is 34.9 Å². The fourth-order valence-corrected chi connectivity index (χ4v) is 5.96. The predicted molar refractivity (Wildman–Crippen MR) is 118 cm³/mol. The second-order valence-corrected chi connectivity index (χ2v) is 9.44. The van der Waals surface area contributed by atoms with E-state index >= 15 is 0 Å². The van der Waals surface area contributed by atoms with Crippen LogP contribution < -0.4 is 16.9 Å². The lowest BCUT2D eigenvalue weighted by Gasteiger charge is -2.49. The second-order valence-electron chi connectivity index (χ2n) is 6.51. The highest BCUT2D eigenvalue weighted by Gasteiger charge is 2.54. The van der Waals surface area contributed by atoms with Crippen LogP contribution in [0.4, 0.5) is 5.13 Å². The highest BCUT2D eigenvalue weighted by Crippen LogP contribution is 2.41. The van der Waals surface area contributed by atoms with Gasteiger partial charge in [0.05, 0.1) is 0 Å². The van der Waals surface area contributed by atoms with Crippen molar-refractivity contribution in [2.24, 2.45) is 5.16 Å². The molecule has 0 aromatic carbocycles. The number of nitrogen functional groups attached to an aromatic ring is 2. The lowest BCUT2D eigenvalue weighted by molar-refractivity contribution is -0.150. The van der Waals surface area contributed by atoms with Gasteiger partial charge in [-0.3, -0.25) is 14.5 Å². The molecule has 4 heterocycles. The van der Waals surface area contributed by atoms with Gasteiger partial charge in [-0.1, -0.05) is 22.0 Å². The standard InChI is InChI=1S/C15H16N10O5S3/c1-30-21-7(6-4-32-14(16)18-6)10(26)19-8-11(27)24-9(13(28)29)5(2-31-12(8)24)3-33-15-20-22-23-25(15)17/h4,8,12H,2-3,17H2,1H3,(H2,16,18)(H,19,26)(H,28,29)/b21-7+/t8-,12-/m1/s1. The number of thioether (sulfide) groups is 2. The van der Waals surface area contributed by atoms with E-state index in [9.17, 15) is 19.5 Å². The van der Waals surface area contributed by atoms with Crippen LogP contribution in [0.25, 0.3) is 0 Å². The summed E-state index contributed by atoms with van der Waals surface area (Å²) in [5, 5.41) is 28.2. The number of β-lactam (4-membered cyclic amide) rings is 1. The SMILES string of the molecule is CO/N=C(/C(=O)N[C@@H]1C(=O)N2C(C(=O)O)=C(CSc3nnnn3N)CS[C@H]12)c1csc(N)n1. The fourth-order valence-electron chi connectivity index (χ4n) is 3.13. The Hall–Kier alpha value is -3.38. The Bertz CT molecular complexity index is 1180. The number of amides is 2. The number of hydrogen-bond donors (Lipinski definition) is 4. The van der Waals surface area contributed by atoms with Gasteiger partial charge in [0.15, 0.2) is 10.8 Å². The molecule has 2 aliphatic heterocycles. The molecule has 2 aliphatic rings. The minimum Gasteiger partial charge on any atom is -0.477 e. The van der Waals surface area contributed by atoms with Crippen molar-refractivity contribution in [1.82, 2.24) is 35.5 Å². The number of oxime groups is 1. The van der Waals surface area contributed by atoms with Crippen molar-refractivity contribution < 1.29 is 24.3 Å². The van der Waals surface area contributed by atoms with E-state index in [1.54, 1.807) is 0 Å². The largest absolute Gasteiger partial charge is 0.477 e. The molecule has 33 heavy (non-hydrogen) atoms. The molecule has 2 aromatic rings. The first kappa shape index (κ1) is 22.8. The van der Waals surface area contributed by atoms with Gasteiger partial charge in [-0.25, -0.2) is 9.78 Å². The van der Waals surface area contributed by atoms with Gasteiger partial charge in [-0.2, -0.15) is 0 Å². The topological polar surface area (TPSA) is 217 Å². The van der Waals surface area contributed by atoms with Crippen LogP contribution in [-0.4, -0.2) is 88.8 Å². The van der Waals surface area contributed by atoms with Gasteiger partial charge in [0.1, 0.15) is 29.9 Å². The third kappa shape index (κ3) is 4.31. The van der Waals surface area contributed by atoms with Crippen LogP contribution in [0.1, 0.15) is 5.69 Å². The number of aromatic nitrogens is 5. The minimum atomic E-state index is -1.25. The maximum Gasteiger partial charge on any atom is 0.352 e. The van der Waals surface area contributed by atoms with Gasteiger partial charge in [-0.05, 0) is 16.0 Å². The molecular formula is C15H16N10O5S3. The number of carboxylic acids is 1. The number of nitrogens with two attached hydrogens (primary N) is 2. The van der Waals surface area contributed by atoms with Crippen molar-refractivity contribution >= 4 is 63.5 Å². The number of aliphatic carboxylic acids is 1. The number of nitrogens with zero attached hydrogens (tertiary/aromatic N) is 7. The summed E-state index contributed by atoms with van der Waals surface area (Å²) in [6.45, 7) is 0. The smallest absolute Gasteiger partial charge is 0.352 e. The molecule has 0 radical (unpaired) electrons. The summed E-state index contributed by atoms with van der Waals surface area (Å²) in [5.74, 6) is 3.61. The number of nitrogens with one attached hydrogen (secondary N) is 1. The third-order valence-corrected chi connectivity index (χ3v) is 7.57. The Balaban J connectivity index is 1.49. The Labute approximate surface area is 197 Å². The van der Waals surface area contributed by atoms with E-state index in [0.717, 1.165) is 32.8 Å². The van der Waals surface area contributed by atoms with Crippen LogP contribution in [0, 0.1) is 0 Å². The van der Waals surface area contributed by atoms with Crippen molar-refractivity contribution in [1.29, 1.82) is 0 Å². The molecule has 1 fully saturated rings. The molecule has 4 rings (SSSR count). The molecule has 18 heteroatoms. The Morgan fingerprint density at radius 2 is 2.27 bits per heavy atom. The average Bonchev–Trinajstić information content (AvgIpc) is 3.40. The maximum absolute atomic E-state index is 12.8. The Morgan fingerprint density at radius 1 is 1.48 bits per heavy atom. The lowest BCUT2D eigenvalue weighted by Crippen LogP contribution is -2.71. The van der Waals surface area contributed by atoms with Crippen molar-refractivity contribution in [3.05, 3.63) is 22.3 Å². The number of thiazole rings is 1. The first-order chi connectivity index (χ1) is 15.8. The summed E-state index contributed by atoms with van der Waals surface area (Å²) < 4.78 is 0. The van der Waals surface area contributed by atoms with E-state index < -0.39 is 29.2 Å². The number of carbonyl (C=O) groups excluding carboxylic acids is 2. The number of anilines is 1. The predicted octanol–water partition coefficient (Wildman–Crippen LogP) is -1.69. The highest BCUT2D eigenvalue weighted by atomic mass is 32.2. The van der Waals surface area contributed by atoms with E-state index in [0.29, 0.717) is 16.5 Å². The molecule has 0 aliphatic carbocycles. The van der Waals surface area contributed by atoms with Crippen molar-refractivity contribution in [2.45, 2.75) is 16.6 Å². The van der Waals surface area contributed by atoms with Crippen LogP contribution in [-0.2, 0) is 19.2 Å². The first-order valence-electron chi connectivity index (χ1n) is 9.01. The van der Waals surface area contributed by atoms with Gasteiger partial charge in [0.2, 0.25) is 5.16 Å². The van der Waals surface area contributed by atoms with Gasteiger partial charge >= 0.3 is 5.97 Å². The van der Waals surface area contributed by atoms with E-state index in [1.165, 1.54) is 24.3 Å². The maximum atomic E-state index is 12.8. The van der Waals surface area contributed by atoms with Gasteiger partial charge in [-0.15, -0.1) is 27.9 Å². The van der Waals surface area contributed by atoms with Crippen molar-refractivity contribution in [2.75, 3.05) is 30.2 Å². The Morgan fingerprint density at radius 3 is 2.88 bits per heavy atom. The van der Waals surface area contributed by atoms with E-state index in [-0.39, 0.29) is 28.0 Å². The lowest BCUT2D eigenvalue weighted by atomic mass is 10.0. The van der Waals surface area contributed by atoms with E-state index in [2.05, 4.69) is 31.0 Å². The molecule has 0 spiro atoms. The van der Waals surface area contributed by atoms with Gasteiger partial charge in [0.25, 0.3) is 11.8 Å². The molecule has 174 valence electrons. The molecule has 15 nitrogen and oxygen atoms in total. The average molecular weight is 513 g/mol. The number of carboxylic acid groups (broad SMARTS) is 1. The summed E-state index contributed by atoms with van der Waals surface area (Å²) in [6, 6.07) is -0.944. The number of hydrogen-bond acceptors (Lipinski definition) is 14. The van der Waals surface area contributed by atoms with Gasteiger partial charge in [0, 0.05) is 16.9 Å². The zero-order chi connectivity index (χ0) is 23.7. The number of tetrazole rings is 1. The summed E-state index contributed by atoms with van der Waals surface area (Å²) in [5.41, 5.74) is 6.04. The van der Waals surface area contributed by atoms with Crippen LogP contribution in [0.5, 0.6) is 0 Å². The molecule has 0 unspecified atom stereocenters. The molecule has 2 amide bonds. The summed E-state index contributed by atoms with van der Waals surface area (Å²) >= 11 is 3.59. The van der Waals surface area contributed by atoms with Crippen LogP contribution in [0.3, 0.4) is 0 Å². The number of rotatable bonds is 8. The Kier molecular flexibility index (Phi) is 6.38. The van der Waals surface area contributed by atoms with Gasteiger partial charge < -0.3 is 26.8 Å². The normalized spacial score (nSPS) is 20.3. The quantitative estimate of drug-likeness (QED) is 0.102. The van der Waals surface area contributed by atoms with E-state index in [1.807, 2.05) is 0 Å². The third-order valence-electron chi connectivity index (χ3n) is 4.54. The molecule has 0 saturated carbocycles. The molecular weight excluding hydrogens is 496 g/mol.